The van der Waals surface area contributed by atoms with Gasteiger partial charge in [-0.15, -0.1) is 0 Å². The maximum Gasteiger partial charge on any atom is 0.160 e. The zero-order valence-corrected chi connectivity index (χ0v) is 27.6. The second-order valence-corrected chi connectivity index (χ2v) is 12.9. The Morgan fingerprint density at radius 1 is 0.353 bits per heavy atom. The molecule has 0 saturated carbocycles. The molecule has 0 spiro atoms. The summed E-state index contributed by atoms with van der Waals surface area (Å²) in [7, 11) is 0. The first-order valence-electron chi connectivity index (χ1n) is 17.2. The van der Waals surface area contributed by atoms with Crippen molar-refractivity contribution >= 4 is 43.5 Å². The van der Waals surface area contributed by atoms with Crippen molar-refractivity contribution in [2.75, 3.05) is 0 Å². The van der Waals surface area contributed by atoms with Crippen molar-refractivity contribution in [3.8, 4) is 56.2 Å². The highest BCUT2D eigenvalue weighted by atomic mass is 16.3. The van der Waals surface area contributed by atoms with Gasteiger partial charge in [0.2, 0.25) is 0 Å². The van der Waals surface area contributed by atoms with E-state index in [9.17, 15) is 0 Å². The molecule has 0 radical (unpaired) electrons. The van der Waals surface area contributed by atoms with E-state index < -0.39 is 0 Å². The molecule has 8 aromatic carbocycles. The molecule has 0 unspecified atom stereocenters. The third kappa shape index (κ3) is 4.98. The highest BCUT2D eigenvalue weighted by molar-refractivity contribution is 6.23. The summed E-state index contributed by atoms with van der Waals surface area (Å²) >= 11 is 0. The Balaban J connectivity index is 1.20. The molecule has 10 aromatic rings. The Kier molecular flexibility index (Phi) is 6.81. The number of hydrogen-bond acceptors (Lipinski definition) is 3. The largest absolute Gasteiger partial charge is 0.455 e. The van der Waals surface area contributed by atoms with Crippen LogP contribution in [0.25, 0.3) is 99.6 Å². The minimum atomic E-state index is 0.704. The number of nitrogens with zero attached hydrogens (tertiary/aromatic N) is 2. The van der Waals surface area contributed by atoms with E-state index in [1.54, 1.807) is 0 Å². The van der Waals surface area contributed by atoms with Crippen LogP contribution in [0.2, 0.25) is 0 Å². The maximum atomic E-state index is 6.72. The molecule has 2 heterocycles. The second kappa shape index (κ2) is 11.9. The molecule has 0 aliphatic carbocycles. The van der Waals surface area contributed by atoms with Gasteiger partial charge < -0.3 is 4.42 Å². The Labute approximate surface area is 295 Å². The van der Waals surface area contributed by atoms with Crippen LogP contribution < -0.4 is 0 Å². The van der Waals surface area contributed by atoms with Gasteiger partial charge in [-0.05, 0) is 62.7 Å². The topological polar surface area (TPSA) is 38.9 Å². The molecule has 0 saturated heterocycles. The highest BCUT2D eigenvalue weighted by Gasteiger charge is 2.19. The molecule has 0 amide bonds. The van der Waals surface area contributed by atoms with Gasteiger partial charge >= 0.3 is 0 Å². The summed E-state index contributed by atoms with van der Waals surface area (Å²) in [6, 6.07) is 63.8. The van der Waals surface area contributed by atoms with Gasteiger partial charge in [0, 0.05) is 32.8 Å². The summed E-state index contributed by atoms with van der Waals surface area (Å²) < 4.78 is 6.72. The van der Waals surface area contributed by atoms with Crippen molar-refractivity contribution in [3.63, 3.8) is 0 Å². The van der Waals surface area contributed by atoms with E-state index in [1.807, 2.05) is 36.4 Å². The number of fused-ring (bicyclic) bond motifs is 6. The fourth-order valence-electron chi connectivity index (χ4n) is 7.49. The molecule has 0 bridgehead atoms. The minimum absolute atomic E-state index is 0.704. The van der Waals surface area contributed by atoms with E-state index in [1.165, 1.54) is 21.9 Å². The smallest absolute Gasteiger partial charge is 0.160 e. The molecule has 2 aromatic heterocycles. The fraction of sp³-hybridized carbons (Fsp3) is 0. The van der Waals surface area contributed by atoms with E-state index in [0.29, 0.717) is 5.82 Å². The van der Waals surface area contributed by atoms with Crippen LogP contribution in [0.15, 0.2) is 186 Å². The Bertz CT molecular complexity index is 2850. The van der Waals surface area contributed by atoms with Crippen LogP contribution in [0.4, 0.5) is 0 Å². The summed E-state index contributed by atoms with van der Waals surface area (Å²) in [6.45, 7) is 0. The third-order valence-corrected chi connectivity index (χ3v) is 9.88. The average molecular weight is 651 g/mol. The van der Waals surface area contributed by atoms with Gasteiger partial charge in [-0.25, -0.2) is 9.97 Å². The summed E-state index contributed by atoms with van der Waals surface area (Å²) in [5.41, 5.74) is 11.3. The van der Waals surface area contributed by atoms with Gasteiger partial charge in [-0.2, -0.15) is 0 Å². The van der Waals surface area contributed by atoms with E-state index in [2.05, 4.69) is 146 Å². The summed E-state index contributed by atoms with van der Waals surface area (Å²) in [6.07, 6.45) is 0. The first-order valence-corrected chi connectivity index (χ1v) is 17.2. The lowest BCUT2D eigenvalue weighted by molar-refractivity contribution is 0.673. The van der Waals surface area contributed by atoms with Crippen LogP contribution in [0, 0.1) is 0 Å². The quantitative estimate of drug-likeness (QED) is 0.186. The van der Waals surface area contributed by atoms with Crippen molar-refractivity contribution in [2.24, 2.45) is 0 Å². The standard InChI is InChI=1S/C48H30N2O/c1-3-15-32(16-4-1)43-30-44(50-48(49-43)33-17-5-2-6-18-33)35-21-11-20-34(28-35)41-29-42-46-39(37-25-12-19-31-14-7-8-22-36(31)37)26-13-27-45(46)51-47(42)40-24-10-9-23-38(40)41/h1-30H. The summed E-state index contributed by atoms with van der Waals surface area (Å²) in [5, 5.41) is 6.92. The van der Waals surface area contributed by atoms with Crippen LogP contribution in [0.1, 0.15) is 0 Å². The minimum Gasteiger partial charge on any atom is -0.455 e. The molecule has 3 nitrogen and oxygen atoms in total. The second-order valence-electron chi connectivity index (χ2n) is 12.9. The van der Waals surface area contributed by atoms with Gasteiger partial charge in [0.15, 0.2) is 5.82 Å². The zero-order valence-electron chi connectivity index (χ0n) is 27.6. The first kappa shape index (κ1) is 29.1. The van der Waals surface area contributed by atoms with E-state index in [-0.39, 0.29) is 0 Å². The number of rotatable bonds is 5. The van der Waals surface area contributed by atoms with Crippen LogP contribution in [-0.4, -0.2) is 9.97 Å². The Morgan fingerprint density at radius 2 is 0.941 bits per heavy atom. The lowest BCUT2D eigenvalue weighted by Gasteiger charge is -2.12. The highest BCUT2D eigenvalue weighted by Crippen LogP contribution is 2.44. The molecule has 0 N–H and O–H groups in total. The van der Waals surface area contributed by atoms with Crippen molar-refractivity contribution in [1.82, 2.24) is 9.97 Å². The molecule has 0 aliphatic rings. The van der Waals surface area contributed by atoms with Crippen LogP contribution >= 0.6 is 0 Å². The van der Waals surface area contributed by atoms with Gasteiger partial charge in [-0.3, -0.25) is 0 Å². The Morgan fingerprint density at radius 3 is 1.76 bits per heavy atom. The molecule has 0 aliphatic heterocycles. The number of aromatic nitrogens is 2. The van der Waals surface area contributed by atoms with Gasteiger partial charge in [0.25, 0.3) is 0 Å². The number of hydrogen-bond donors (Lipinski definition) is 0. The monoisotopic (exact) mass is 650 g/mol. The fourth-order valence-corrected chi connectivity index (χ4v) is 7.49. The average Bonchev–Trinajstić information content (AvgIpc) is 3.60. The van der Waals surface area contributed by atoms with Crippen molar-refractivity contribution in [2.45, 2.75) is 0 Å². The molecular weight excluding hydrogens is 621 g/mol. The van der Waals surface area contributed by atoms with Crippen molar-refractivity contribution in [3.05, 3.63) is 182 Å². The van der Waals surface area contributed by atoms with Crippen LogP contribution in [0.5, 0.6) is 0 Å². The van der Waals surface area contributed by atoms with Gasteiger partial charge in [-0.1, -0.05) is 158 Å². The molecule has 0 fully saturated rings. The van der Waals surface area contributed by atoms with Gasteiger partial charge in [0.1, 0.15) is 11.2 Å². The lowest BCUT2D eigenvalue weighted by Crippen LogP contribution is -1.96. The van der Waals surface area contributed by atoms with Crippen molar-refractivity contribution < 1.29 is 4.42 Å². The summed E-state index contributed by atoms with van der Waals surface area (Å²) in [4.78, 5) is 10.1. The van der Waals surface area contributed by atoms with E-state index in [0.717, 1.165) is 71.9 Å². The van der Waals surface area contributed by atoms with Crippen molar-refractivity contribution in [1.29, 1.82) is 0 Å². The predicted octanol–water partition coefficient (Wildman–Crippen LogP) is 13.0. The zero-order chi connectivity index (χ0) is 33.7. The predicted molar refractivity (Wildman–Crippen MR) is 212 cm³/mol. The van der Waals surface area contributed by atoms with Crippen LogP contribution in [0.3, 0.4) is 0 Å². The molecule has 0 atom stereocenters. The molecule has 10 rings (SSSR count). The molecule has 51 heavy (non-hydrogen) atoms. The first-order chi connectivity index (χ1) is 25.3. The third-order valence-electron chi connectivity index (χ3n) is 9.88. The number of furan rings is 1. The lowest BCUT2D eigenvalue weighted by atomic mass is 9.91. The Hall–Kier alpha value is -6.84. The molecule has 238 valence electrons. The van der Waals surface area contributed by atoms with Crippen LogP contribution in [-0.2, 0) is 0 Å². The number of benzene rings is 8. The summed E-state index contributed by atoms with van der Waals surface area (Å²) in [5.74, 6) is 0.704. The van der Waals surface area contributed by atoms with E-state index >= 15 is 0 Å². The SMILES string of the molecule is c1ccc(-c2cc(-c3cccc(-c4cc5c(oc6cccc(-c7cccc8ccccc78)c65)c5ccccc45)c3)nc(-c3ccccc3)n2)cc1. The van der Waals surface area contributed by atoms with E-state index in [4.69, 9.17) is 14.4 Å². The molecule has 3 heteroatoms. The molecular formula is C48H30N2O. The van der Waals surface area contributed by atoms with Gasteiger partial charge in [0.05, 0.1) is 11.4 Å². The maximum absolute atomic E-state index is 6.72. The normalized spacial score (nSPS) is 11.5.